The molecule has 0 spiro atoms. The van der Waals surface area contributed by atoms with Crippen molar-refractivity contribution in [2.24, 2.45) is 0 Å². The van der Waals surface area contributed by atoms with Crippen LogP contribution >= 0.6 is 39.0 Å². The SMILES string of the molecule is CSc1nc(N)cc(N(C)Cc2cc(Br)cs2)n1. The second-order valence-electron chi connectivity index (χ2n) is 3.73. The lowest BCUT2D eigenvalue weighted by molar-refractivity contribution is 0.869. The highest BCUT2D eigenvalue weighted by Crippen LogP contribution is 2.24. The van der Waals surface area contributed by atoms with Crippen LogP contribution in [0.3, 0.4) is 0 Å². The van der Waals surface area contributed by atoms with E-state index in [4.69, 9.17) is 5.73 Å². The van der Waals surface area contributed by atoms with Crippen LogP contribution in [0.5, 0.6) is 0 Å². The summed E-state index contributed by atoms with van der Waals surface area (Å²) in [4.78, 5) is 11.9. The minimum atomic E-state index is 0.503. The van der Waals surface area contributed by atoms with E-state index in [1.54, 1.807) is 17.4 Å². The zero-order valence-corrected chi connectivity index (χ0v) is 13.3. The molecule has 4 nitrogen and oxygen atoms in total. The molecule has 0 bridgehead atoms. The van der Waals surface area contributed by atoms with Gasteiger partial charge in [0.05, 0.1) is 6.54 Å². The zero-order chi connectivity index (χ0) is 13.1. The van der Waals surface area contributed by atoms with Crippen LogP contribution < -0.4 is 10.6 Å². The number of hydrogen-bond donors (Lipinski definition) is 1. The zero-order valence-electron chi connectivity index (χ0n) is 10.1. The molecule has 0 amide bonds. The van der Waals surface area contributed by atoms with Gasteiger partial charge in [-0.2, -0.15) is 0 Å². The number of nitrogen functional groups attached to an aromatic ring is 1. The van der Waals surface area contributed by atoms with Gasteiger partial charge in [-0.3, -0.25) is 0 Å². The molecule has 0 aromatic carbocycles. The Hall–Kier alpha value is -0.790. The predicted molar refractivity (Wildman–Crippen MR) is 82.4 cm³/mol. The van der Waals surface area contributed by atoms with Crippen molar-refractivity contribution in [1.29, 1.82) is 0 Å². The molecule has 0 saturated heterocycles. The number of anilines is 2. The van der Waals surface area contributed by atoms with E-state index in [2.05, 4.69) is 42.2 Å². The van der Waals surface area contributed by atoms with Crippen molar-refractivity contribution in [2.75, 3.05) is 23.9 Å². The van der Waals surface area contributed by atoms with Crippen molar-refractivity contribution < 1.29 is 0 Å². The van der Waals surface area contributed by atoms with E-state index in [0.717, 1.165) is 16.8 Å². The molecule has 0 aliphatic heterocycles. The van der Waals surface area contributed by atoms with Gasteiger partial charge in [0.15, 0.2) is 5.16 Å². The van der Waals surface area contributed by atoms with Crippen LogP contribution in [0, 0.1) is 0 Å². The lowest BCUT2D eigenvalue weighted by Crippen LogP contribution is -2.17. The second kappa shape index (κ2) is 5.90. The molecule has 2 rings (SSSR count). The summed E-state index contributed by atoms with van der Waals surface area (Å²) >= 11 is 6.67. The molecule has 96 valence electrons. The summed E-state index contributed by atoms with van der Waals surface area (Å²) in [6.07, 6.45) is 1.94. The van der Waals surface area contributed by atoms with Crippen molar-refractivity contribution in [3.05, 3.63) is 26.9 Å². The molecule has 2 heterocycles. The molecule has 2 aromatic heterocycles. The summed E-state index contributed by atoms with van der Waals surface area (Å²) < 4.78 is 1.11. The molecular formula is C11H13BrN4S2. The average molecular weight is 345 g/mol. The fourth-order valence-electron chi connectivity index (χ4n) is 1.47. The summed E-state index contributed by atoms with van der Waals surface area (Å²) in [5, 5.41) is 2.77. The molecule has 0 unspecified atom stereocenters. The molecule has 0 aliphatic carbocycles. The molecule has 2 aromatic rings. The monoisotopic (exact) mass is 344 g/mol. The summed E-state index contributed by atoms with van der Waals surface area (Å²) in [5.74, 6) is 1.35. The van der Waals surface area contributed by atoms with Crippen molar-refractivity contribution in [1.82, 2.24) is 9.97 Å². The molecule has 0 radical (unpaired) electrons. The van der Waals surface area contributed by atoms with Gasteiger partial charge in [-0.05, 0) is 28.3 Å². The first-order chi connectivity index (χ1) is 8.58. The van der Waals surface area contributed by atoms with Crippen molar-refractivity contribution in [3.63, 3.8) is 0 Å². The van der Waals surface area contributed by atoms with Gasteiger partial charge >= 0.3 is 0 Å². The second-order valence-corrected chi connectivity index (χ2v) is 6.41. The maximum Gasteiger partial charge on any atom is 0.191 e. The number of nitrogens with zero attached hydrogens (tertiary/aromatic N) is 3. The Morgan fingerprint density at radius 1 is 1.44 bits per heavy atom. The maximum atomic E-state index is 5.77. The van der Waals surface area contributed by atoms with Crippen LogP contribution in [-0.4, -0.2) is 23.3 Å². The van der Waals surface area contributed by atoms with Crippen molar-refractivity contribution in [2.45, 2.75) is 11.7 Å². The van der Waals surface area contributed by atoms with Gasteiger partial charge in [0.1, 0.15) is 11.6 Å². The van der Waals surface area contributed by atoms with Crippen LogP contribution in [0.1, 0.15) is 4.88 Å². The normalized spacial score (nSPS) is 10.6. The molecule has 0 atom stereocenters. The number of hydrogen-bond acceptors (Lipinski definition) is 6. The quantitative estimate of drug-likeness (QED) is 0.681. The summed E-state index contributed by atoms with van der Waals surface area (Å²) in [7, 11) is 2.00. The van der Waals surface area contributed by atoms with Crippen LogP contribution in [0.15, 0.2) is 27.1 Å². The standard InChI is InChI=1S/C11H13BrN4S2/c1-16(5-8-3-7(12)6-18-8)10-4-9(13)14-11(15-10)17-2/h3-4,6H,5H2,1-2H3,(H2,13,14,15). The van der Waals surface area contributed by atoms with Crippen LogP contribution in [0.2, 0.25) is 0 Å². The summed E-state index contributed by atoms with van der Waals surface area (Å²) in [5.41, 5.74) is 5.77. The molecule has 0 aliphatic rings. The number of thioether (sulfide) groups is 1. The highest BCUT2D eigenvalue weighted by atomic mass is 79.9. The van der Waals surface area contributed by atoms with Gasteiger partial charge < -0.3 is 10.6 Å². The molecule has 0 fully saturated rings. The minimum Gasteiger partial charge on any atom is -0.383 e. The van der Waals surface area contributed by atoms with Gasteiger partial charge in [0.2, 0.25) is 0 Å². The largest absolute Gasteiger partial charge is 0.383 e. The van der Waals surface area contributed by atoms with E-state index >= 15 is 0 Å². The summed E-state index contributed by atoms with van der Waals surface area (Å²) in [6, 6.07) is 3.91. The fraction of sp³-hybridized carbons (Fsp3) is 0.273. The third-order valence-corrected chi connectivity index (χ3v) is 4.53. The number of nitrogens with two attached hydrogens (primary N) is 1. The van der Waals surface area contributed by atoms with E-state index < -0.39 is 0 Å². The number of halogens is 1. The van der Waals surface area contributed by atoms with Crippen molar-refractivity contribution in [3.8, 4) is 0 Å². The molecule has 2 N–H and O–H groups in total. The number of rotatable bonds is 4. The van der Waals surface area contributed by atoms with Crippen LogP contribution in [0.25, 0.3) is 0 Å². The average Bonchev–Trinajstić information content (AvgIpc) is 2.73. The highest BCUT2D eigenvalue weighted by molar-refractivity contribution is 9.10. The lowest BCUT2D eigenvalue weighted by Gasteiger charge is -2.17. The Morgan fingerprint density at radius 2 is 2.22 bits per heavy atom. The van der Waals surface area contributed by atoms with E-state index in [1.807, 2.05) is 13.3 Å². The van der Waals surface area contributed by atoms with Gasteiger partial charge in [-0.1, -0.05) is 11.8 Å². The van der Waals surface area contributed by atoms with Crippen LogP contribution in [0.4, 0.5) is 11.6 Å². The Kier molecular flexibility index (Phi) is 4.47. The van der Waals surface area contributed by atoms with Crippen molar-refractivity contribution >= 4 is 50.7 Å². The number of thiophene rings is 1. The highest BCUT2D eigenvalue weighted by Gasteiger charge is 2.08. The topological polar surface area (TPSA) is 55.0 Å². The Bertz CT molecular complexity index is 544. The lowest BCUT2D eigenvalue weighted by atomic mass is 10.4. The van der Waals surface area contributed by atoms with Gasteiger partial charge in [-0.15, -0.1) is 11.3 Å². The Labute approximate surface area is 123 Å². The third-order valence-electron chi connectivity index (χ3n) is 2.30. The van der Waals surface area contributed by atoms with E-state index in [1.165, 1.54) is 16.6 Å². The Balaban J connectivity index is 2.17. The first-order valence-electron chi connectivity index (χ1n) is 5.21. The smallest absolute Gasteiger partial charge is 0.191 e. The van der Waals surface area contributed by atoms with Gasteiger partial charge in [0.25, 0.3) is 0 Å². The molecular weight excluding hydrogens is 332 g/mol. The minimum absolute atomic E-state index is 0.503. The fourth-order valence-corrected chi connectivity index (χ4v) is 3.35. The molecule has 0 saturated carbocycles. The third kappa shape index (κ3) is 3.37. The van der Waals surface area contributed by atoms with E-state index in [0.29, 0.717) is 11.0 Å². The Morgan fingerprint density at radius 3 is 2.83 bits per heavy atom. The first kappa shape index (κ1) is 13.6. The number of aromatic nitrogens is 2. The maximum absolute atomic E-state index is 5.77. The van der Waals surface area contributed by atoms with E-state index in [-0.39, 0.29) is 0 Å². The first-order valence-corrected chi connectivity index (χ1v) is 8.11. The molecule has 7 heteroatoms. The van der Waals surface area contributed by atoms with Gasteiger partial charge in [0, 0.05) is 27.8 Å². The van der Waals surface area contributed by atoms with E-state index in [9.17, 15) is 0 Å². The molecule has 18 heavy (non-hydrogen) atoms. The van der Waals surface area contributed by atoms with Crippen LogP contribution in [-0.2, 0) is 6.54 Å². The summed E-state index contributed by atoms with van der Waals surface area (Å²) in [6.45, 7) is 0.806. The van der Waals surface area contributed by atoms with Gasteiger partial charge in [-0.25, -0.2) is 9.97 Å². The predicted octanol–water partition coefficient (Wildman–Crippen LogP) is 3.24.